The quantitative estimate of drug-likeness (QED) is 0.657. The first-order valence-corrected chi connectivity index (χ1v) is 5.53. The van der Waals surface area contributed by atoms with Crippen LogP contribution in [-0.2, 0) is 0 Å². The molecule has 18 heavy (non-hydrogen) atoms. The summed E-state index contributed by atoms with van der Waals surface area (Å²) in [6.07, 6.45) is 1.09. The normalized spacial score (nSPS) is 10.8. The molecular weight excluding hydrogens is 258 g/mol. The third kappa shape index (κ3) is 3.05. The second kappa shape index (κ2) is 5.60. The molecule has 0 radical (unpaired) electrons. The van der Waals surface area contributed by atoms with E-state index in [1.165, 1.54) is 18.2 Å². The van der Waals surface area contributed by atoms with E-state index in [4.69, 9.17) is 11.6 Å². The average molecular weight is 267 g/mol. The SMILES string of the molecule is Fc1cccc(F)c1/C=N\Nc1cccc(Cl)c1. The molecule has 0 aliphatic heterocycles. The van der Waals surface area contributed by atoms with Crippen LogP contribution in [0.25, 0.3) is 0 Å². The van der Waals surface area contributed by atoms with Crippen LogP contribution >= 0.6 is 11.6 Å². The smallest absolute Gasteiger partial charge is 0.134 e. The summed E-state index contributed by atoms with van der Waals surface area (Å²) in [5.74, 6) is -1.32. The molecule has 0 aliphatic carbocycles. The fourth-order valence-electron chi connectivity index (χ4n) is 1.36. The zero-order valence-electron chi connectivity index (χ0n) is 9.20. The lowest BCUT2D eigenvalue weighted by Gasteiger charge is -2.01. The highest BCUT2D eigenvalue weighted by atomic mass is 35.5. The highest BCUT2D eigenvalue weighted by Gasteiger charge is 2.04. The van der Waals surface area contributed by atoms with Gasteiger partial charge in [0, 0.05) is 5.02 Å². The van der Waals surface area contributed by atoms with Crippen molar-refractivity contribution in [2.45, 2.75) is 0 Å². The maximum atomic E-state index is 13.3. The van der Waals surface area contributed by atoms with Gasteiger partial charge in [-0.3, -0.25) is 5.43 Å². The number of hydrogen-bond acceptors (Lipinski definition) is 2. The van der Waals surface area contributed by atoms with Gasteiger partial charge in [0.25, 0.3) is 0 Å². The van der Waals surface area contributed by atoms with Gasteiger partial charge >= 0.3 is 0 Å². The van der Waals surface area contributed by atoms with E-state index in [0.717, 1.165) is 6.21 Å². The van der Waals surface area contributed by atoms with E-state index in [2.05, 4.69) is 10.5 Å². The minimum atomic E-state index is -0.661. The molecule has 2 aromatic carbocycles. The van der Waals surface area contributed by atoms with Gasteiger partial charge in [0.2, 0.25) is 0 Å². The molecule has 2 aromatic rings. The number of halogens is 3. The first kappa shape index (κ1) is 12.5. The van der Waals surface area contributed by atoms with Crippen molar-refractivity contribution in [1.29, 1.82) is 0 Å². The van der Waals surface area contributed by atoms with Gasteiger partial charge in [-0.1, -0.05) is 23.7 Å². The summed E-state index contributed by atoms with van der Waals surface area (Å²) < 4.78 is 26.5. The molecule has 0 aromatic heterocycles. The maximum Gasteiger partial charge on any atom is 0.134 e. The van der Waals surface area contributed by atoms with E-state index in [-0.39, 0.29) is 5.56 Å². The number of hydrazone groups is 1. The molecular formula is C13H9ClF2N2. The summed E-state index contributed by atoms with van der Waals surface area (Å²) in [6, 6.07) is 10.5. The van der Waals surface area contributed by atoms with Crippen LogP contribution < -0.4 is 5.43 Å². The lowest BCUT2D eigenvalue weighted by atomic mass is 10.2. The van der Waals surface area contributed by atoms with Gasteiger partial charge in [0.05, 0.1) is 17.5 Å². The van der Waals surface area contributed by atoms with Gasteiger partial charge in [-0.2, -0.15) is 5.10 Å². The Morgan fingerprint density at radius 1 is 1.06 bits per heavy atom. The average Bonchev–Trinajstić information content (AvgIpc) is 2.33. The molecule has 0 spiro atoms. The molecule has 0 aliphatic rings. The Bertz CT molecular complexity index is 565. The molecule has 92 valence electrons. The Morgan fingerprint density at radius 3 is 2.39 bits per heavy atom. The van der Waals surface area contributed by atoms with Gasteiger partial charge in [-0.15, -0.1) is 0 Å². The van der Waals surface area contributed by atoms with Crippen LogP contribution in [0, 0.1) is 11.6 Å². The molecule has 1 N–H and O–H groups in total. The van der Waals surface area contributed by atoms with E-state index in [1.54, 1.807) is 24.3 Å². The summed E-state index contributed by atoms with van der Waals surface area (Å²) in [5.41, 5.74) is 3.09. The number of nitrogens with zero attached hydrogens (tertiary/aromatic N) is 1. The van der Waals surface area contributed by atoms with Crippen molar-refractivity contribution >= 4 is 23.5 Å². The lowest BCUT2D eigenvalue weighted by molar-refractivity contribution is 0.580. The maximum absolute atomic E-state index is 13.3. The van der Waals surface area contributed by atoms with Gasteiger partial charge in [-0.25, -0.2) is 8.78 Å². The molecule has 0 bridgehead atoms. The van der Waals surface area contributed by atoms with E-state index in [0.29, 0.717) is 10.7 Å². The second-order valence-corrected chi connectivity index (χ2v) is 3.95. The number of anilines is 1. The minimum Gasteiger partial charge on any atom is -0.278 e. The number of hydrogen-bond donors (Lipinski definition) is 1. The monoisotopic (exact) mass is 266 g/mol. The summed E-state index contributed by atoms with van der Waals surface area (Å²) in [5, 5.41) is 4.31. The first-order chi connectivity index (χ1) is 8.66. The van der Waals surface area contributed by atoms with E-state index < -0.39 is 11.6 Å². The molecule has 0 unspecified atom stereocenters. The molecule has 0 fully saturated rings. The third-order valence-corrected chi connectivity index (χ3v) is 2.45. The Hall–Kier alpha value is -1.94. The zero-order chi connectivity index (χ0) is 13.0. The van der Waals surface area contributed by atoms with Crippen LogP contribution in [0.15, 0.2) is 47.6 Å². The third-order valence-electron chi connectivity index (χ3n) is 2.21. The van der Waals surface area contributed by atoms with Crippen molar-refractivity contribution in [2.24, 2.45) is 5.10 Å². The fourth-order valence-corrected chi connectivity index (χ4v) is 1.55. The van der Waals surface area contributed by atoms with Gasteiger partial charge < -0.3 is 0 Å². The van der Waals surface area contributed by atoms with Crippen molar-refractivity contribution in [3.63, 3.8) is 0 Å². The minimum absolute atomic E-state index is 0.188. The van der Waals surface area contributed by atoms with Crippen LogP contribution in [0.3, 0.4) is 0 Å². The molecule has 2 rings (SSSR count). The van der Waals surface area contributed by atoms with Crippen molar-refractivity contribution in [3.05, 3.63) is 64.7 Å². The Morgan fingerprint density at radius 2 is 1.72 bits per heavy atom. The standard InChI is InChI=1S/C13H9ClF2N2/c14-9-3-1-4-10(7-9)18-17-8-11-12(15)5-2-6-13(11)16/h1-8,18H/b17-8-. The number of rotatable bonds is 3. The van der Waals surface area contributed by atoms with Gasteiger partial charge in [0.1, 0.15) is 11.6 Å². The summed E-state index contributed by atoms with van der Waals surface area (Å²) in [4.78, 5) is 0. The van der Waals surface area contributed by atoms with Crippen LogP contribution in [0.1, 0.15) is 5.56 Å². The topological polar surface area (TPSA) is 24.4 Å². The number of benzene rings is 2. The number of nitrogens with one attached hydrogen (secondary N) is 1. The molecule has 0 atom stereocenters. The van der Waals surface area contributed by atoms with Crippen molar-refractivity contribution in [2.75, 3.05) is 5.43 Å². The largest absolute Gasteiger partial charge is 0.278 e. The highest BCUT2D eigenvalue weighted by molar-refractivity contribution is 6.30. The van der Waals surface area contributed by atoms with Gasteiger partial charge in [-0.05, 0) is 30.3 Å². The molecule has 0 heterocycles. The Balaban J connectivity index is 2.12. The van der Waals surface area contributed by atoms with E-state index >= 15 is 0 Å². The zero-order valence-corrected chi connectivity index (χ0v) is 9.96. The summed E-state index contributed by atoms with van der Waals surface area (Å²) in [6.45, 7) is 0. The van der Waals surface area contributed by atoms with Crippen LogP contribution in [0.2, 0.25) is 5.02 Å². The summed E-state index contributed by atoms with van der Waals surface area (Å²) in [7, 11) is 0. The second-order valence-electron chi connectivity index (χ2n) is 3.52. The predicted molar refractivity (Wildman–Crippen MR) is 69.0 cm³/mol. The first-order valence-electron chi connectivity index (χ1n) is 5.15. The van der Waals surface area contributed by atoms with Crippen molar-refractivity contribution in [1.82, 2.24) is 0 Å². The summed E-state index contributed by atoms with van der Waals surface area (Å²) >= 11 is 5.78. The van der Waals surface area contributed by atoms with E-state index in [9.17, 15) is 8.78 Å². The molecule has 0 amide bonds. The van der Waals surface area contributed by atoms with Crippen LogP contribution in [0.5, 0.6) is 0 Å². The van der Waals surface area contributed by atoms with Crippen LogP contribution in [0.4, 0.5) is 14.5 Å². The van der Waals surface area contributed by atoms with Crippen molar-refractivity contribution < 1.29 is 8.78 Å². The molecule has 0 saturated carbocycles. The van der Waals surface area contributed by atoms with Crippen molar-refractivity contribution in [3.8, 4) is 0 Å². The fraction of sp³-hybridized carbons (Fsp3) is 0. The molecule has 2 nitrogen and oxygen atoms in total. The highest BCUT2D eigenvalue weighted by Crippen LogP contribution is 2.15. The Labute approximate surface area is 108 Å². The van der Waals surface area contributed by atoms with E-state index in [1.807, 2.05) is 0 Å². The van der Waals surface area contributed by atoms with Crippen LogP contribution in [-0.4, -0.2) is 6.21 Å². The molecule has 0 saturated heterocycles. The van der Waals surface area contributed by atoms with Gasteiger partial charge in [0.15, 0.2) is 0 Å². The predicted octanol–water partition coefficient (Wildman–Crippen LogP) is 4.06. The Kier molecular flexibility index (Phi) is 3.89. The molecule has 5 heteroatoms. The lowest BCUT2D eigenvalue weighted by Crippen LogP contribution is -1.96.